The molecular weight excluding hydrogens is 254 g/mol. The smallest absolute Gasteiger partial charge is 0.230 e. The van der Waals surface area contributed by atoms with E-state index in [1.807, 2.05) is 37.5 Å². The maximum absolute atomic E-state index is 12.6. The predicted molar refractivity (Wildman–Crippen MR) is 77.9 cm³/mol. The van der Waals surface area contributed by atoms with Gasteiger partial charge in [-0.1, -0.05) is 0 Å². The number of carbonyl (C=O) groups excluding carboxylic acids is 2. The van der Waals surface area contributed by atoms with E-state index in [1.165, 1.54) is 0 Å². The van der Waals surface area contributed by atoms with Crippen molar-refractivity contribution in [2.24, 2.45) is 17.1 Å². The van der Waals surface area contributed by atoms with Crippen LogP contribution in [0.4, 0.5) is 0 Å². The second-order valence-electron chi connectivity index (χ2n) is 7.24. The van der Waals surface area contributed by atoms with Crippen LogP contribution in [0, 0.1) is 11.3 Å². The first kappa shape index (κ1) is 15.3. The van der Waals surface area contributed by atoms with Gasteiger partial charge in [0, 0.05) is 37.6 Å². The van der Waals surface area contributed by atoms with Crippen LogP contribution in [-0.2, 0) is 9.59 Å². The zero-order valence-electron chi connectivity index (χ0n) is 13.1. The number of carbonyl (C=O) groups is 2. The molecule has 2 rings (SSSR count). The third-order valence-corrected chi connectivity index (χ3v) is 4.95. The molecule has 1 saturated carbocycles. The predicted octanol–water partition coefficient (Wildman–Crippen LogP) is 0.831. The molecule has 0 spiro atoms. The summed E-state index contributed by atoms with van der Waals surface area (Å²) in [7, 11) is 0. The van der Waals surface area contributed by atoms with Gasteiger partial charge in [0.15, 0.2) is 0 Å². The molecule has 5 nitrogen and oxygen atoms in total. The lowest BCUT2D eigenvalue weighted by molar-refractivity contribution is -0.148. The van der Waals surface area contributed by atoms with Gasteiger partial charge in [-0.15, -0.1) is 0 Å². The van der Waals surface area contributed by atoms with E-state index >= 15 is 0 Å². The normalized spacial score (nSPS) is 21.1. The minimum Gasteiger partial charge on any atom is -0.339 e. The highest BCUT2D eigenvalue weighted by Gasteiger charge is 2.44. The van der Waals surface area contributed by atoms with Crippen molar-refractivity contribution in [3.63, 3.8) is 0 Å². The molecule has 0 aromatic carbocycles. The van der Waals surface area contributed by atoms with Crippen LogP contribution < -0.4 is 5.73 Å². The Morgan fingerprint density at radius 1 is 0.950 bits per heavy atom. The molecule has 2 N–H and O–H groups in total. The van der Waals surface area contributed by atoms with Crippen LogP contribution in [-0.4, -0.2) is 53.3 Å². The molecule has 0 aromatic heterocycles. The van der Waals surface area contributed by atoms with E-state index in [1.54, 1.807) is 0 Å². The van der Waals surface area contributed by atoms with Gasteiger partial charge in [0.05, 0.1) is 5.41 Å². The molecule has 2 fully saturated rings. The SMILES string of the molecule is CC(C)(N)C(C)(C)C(=O)N1CCN(C(=O)C2CC2)CC1. The van der Waals surface area contributed by atoms with Crippen LogP contribution in [0.3, 0.4) is 0 Å². The summed E-state index contributed by atoms with van der Waals surface area (Å²) in [4.78, 5) is 28.4. The zero-order valence-corrected chi connectivity index (χ0v) is 13.1. The minimum absolute atomic E-state index is 0.0866. The van der Waals surface area contributed by atoms with Crippen molar-refractivity contribution in [3.05, 3.63) is 0 Å². The van der Waals surface area contributed by atoms with Crippen LogP contribution in [0.5, 0.6) is 0 Å². The van der Waals surface area contributed by atoms with Crippen LogP contribution in [0.1, 0.15) is 40.5 Å². The molecule has 0 aromatic rings. The summed E-state index contributed by atoms with van der Waals surface area (Å²) in [5.41, 5.74) is 4.97. The Morgan fingerprint density at radius 3 is 1.80 bits per heavy atom. The summed E-state index contributed by atoms with van der Waals surface area (Å²) >= 11 is 0. The van der Waals surface area contributed by atoms with E-state index in [0.717, 1.165) is 12.8 Å². The van der Waals surface area contributed by atoms with E-state index in [0.29, 0.717) is 26.2 Å². The van der Waals surface area contributed by atoms with Crippen molar-refractivity contribution >= 4 is 11.8 Å². The first-order valence-corrected chi connectivity index (χ1v) is 7.51. The van der Waals surface area contributed by atoms with Gasteiger partial charge in [-0.3, -0.25) is 9.59 Å². The van der Waals surface area contributed by atoms with E-state index in [9.17, 15) is 9.59 Å². The molecule has 0 radical (unpaired) electrons. The Balaban J connectivity index is 1.93. The lowest BCUT2D eigenvalue weighted by Gasteiger charge is -2.43. The fourth-order valence-corrected chi connectivity index (χ4v) is 2.39. The quantitative estimate of drug-likeness (QED) is 0.833. The van der Waals surface area contributed by atoms with Gasteiger partial charge in [0.25, 0.3) is 0 Å². The van der Waals surface area contributed by atoms with Crippen LogP contribution in [0.2, 0.25) is 0 Å². The monoisotopic (exact) mass is 281 g/mol. The van der Waals surface area contributed by atoms with Crippen LogP contribution >= 0.6 is 0 Å². The molecule has 1 aliphatic carbocycles. The summed E-state index contributed by atoms with van der Waals surface area (Å²) in [6, 6.07) is 0. The number of amides is 2. The van der Waals surface area contributed by atoms with Crippen molar-refractivity contribution in [2.45, 2.75) is 46.1 Å². The molecule has 0 bridgehead atoms. The molecule has 1 saturated heterocycles. The second-order valence-corrected chi connectivity index (χ2v) is 7.24. The third-order valence-electron chi connectivity index (χ3n) is 4.95. The first-order valence-electron chi connectivity index (χ1n) is 7.51. The van der Waals surface area contributed by atoms with Gasteiger partial charge in [-0.2, -0.15) is 0 Å². The summed E-state index contributed by atoms with van der Waals surface area (Å²) in [6.45, 7) is 10.1. The summed E-state index contributed by atoms with van der Waals surface area (Å²) < 4.78 is 0. The van der Waals surface area contributed by atoms with Gasteiger partial charge in [-0.05, 0) is 40.5 Å². The van der Waals surface area contributed by atoms with Gasteiger partial charge in [0.2, 0.25) is 11.8 Å². The molecule has 1 aliphatic heterocycles. The third kappa shape index (κ3) is 2.82. The van der Waals surface area contributed by atoms with Crippen LogP contribution in [0.15, 0.2) is 0 Å². The van der Waals surface area contributed by atoms with E-state index in [2.05, 4.69) is 0 Å². The largest absolute Gasteiger partial charge is 0.339 e. The summed E-state index contributed by atoms with van der Waals surface area (Å²) in [6.07, 6.45) is 2.07. The van der Waals surface area contributed by atoms with Crippen molar-refractivity contribution in [1.82, 2.24) is 9.80 Å². The molecular formula is C15H27N3O2. The highest BCUT2D eigenvalue weighted by molar-refractivity contribution is 5.84. The molecule has 114 valence electrons. The standard InChI is InChI=1S/C15H27N3O2/c1-14(2,15(3,4)16)13(20)18-9-7-17(8-10-18)12(19)11-5-6-11/h11H,5-10,16H2,1-4H3. The number of nitrogens with zero attached hydrogens (tertiary/aromatic N) is 2. The van der Waals surface area contributed by atoms with Gasteiger partial charge in [-0.25, -0.2) is 0 Å². The Bertz CT molecular complexity index is 400. The Labute approximate surface area is 121 Å². The van der Waals surface area contributed by atoms with Crippen molar-refractivity contribution in [1.29, 1.82) is 0 Å². The maximum atomic E-state index is 12.6. The molecule has 5 heteroatoms. The average Bonchev–Trinajstić information content (AvgIpc) is 3.20. The molecule has 0 atom stereocenters. The second kappa shape index (κ2) is 5.02. The highest BCUT2D eigenvalue weighted by atomic mass is 16.2. The molecule has 20 heavy (non-hydrogen) atoms. The average molecular weight is 281 g/mol. The van der Waals surface area contributed by atoms with Gasteiger partial charge >= 0.3 is 0 Å². The number of hydrogen-bond donors (Lipinski definition) is 1. The molecule has 1 heterocycles. The van der Waals surface area contributed by atoms with Crippen LogP contribution in [0.25, 0.3) is 0 Å². The lowest BCUT2D eigenvalue weighted by Crippen LogP contribution is -2.60. The van der Waals surface area contributed by atoms with Crippen molar-refractivity contribution in [2.75, 3.05) is 26.2 Å². The fraction of sp³-hybridized carbons (Fsp3) is 0.867. The topological polar surface area (TPSA) is 66.6 Å². The van der Waals surface area contributed by atoms with E-state index in [-0.39, 0.29) is 17.7 Å². The Hall–Kier alpha value is -1.10. The Kier molecular flexibility index (Phi) is 3.84. The molecule has 2 amide bonds. The first-order chi connectivity index (χ1) is 9.14. The van der Waals surface area contributed by atoms with E-state index in [4.69, 9.17) is 5.73 Å². The number of piperazine rings is 1. The molecule has 0 unspecified atom stereocenters. The fourth-order valence-electron chi connectivity index (χ4n) is 2.39. The van der Waals surface area contributed by atoms with Gasteiger partial charge in [0.1, 0.15) is 0 Å². The summed E-state index contributed by atoms with van der Waals surface area (Å²) in [5.74, 6) is 0.621. The number of rotatable bonds is 3. The zero-order chi connectivity index (χ0) is 15.1. The van der Waals surface area contributed by atoms with Gasteiger partial charge < -0.3 is 15.5 Å². The van der Waals surface area contributed by atoms with Crippen molar-refractivity contribution < 1.29 is 9.59 Å². The summed E-state index contributed by atoms with van der Waals surface area (Å²) in [5, 5.41) is 0. The lowest BCUT2D eigenvalue weighted by atomic mass is 9.74. The minimum atomic E-state index is -0.602. The Morgan fingerprint density at radius 2 is 1.40 bits per heavy atom. The van der Waals surface area contributed by atoms with Crippen molar-refractivity contribution in [3.8, 4) is 0 Å². The van der Waals surface area contributed by atoms with E-state index < -0.39 is 11.0 Å². The maximum Gasteiger partial charge on any atom is 0.230 e. The number of hydrogen-bond acceptors (Lipinski definition) is 3. The highest BCUT2D eigenvalue weighted by Crippen LogP contribution is 2.33. The molecule has 2 aliphatic rings. The number of nitrogens with two attached hydrogens (primary N) is 1.